The van der Waals surface area contributed by atoms with Crippen LogP contribution in [0, 0.1) is 6.92 Å². The summed E-state index contributed by atoms with van der Waals surface area (Å²) in [6.45, 7) is 1.81. The van der Waals surface area contributed by atoms with Crippen molar-refractivity contribution in [3.63, 3.8) is 0 Å². The lowest BCUT2D eigenvalue weighted by atomic mass is 10.2. The van der Waals surface area contributed by atoms with E-state index in [1.807, 2.05) is 54.8 Å². The summed E-state index contributed by atoms with van der Waals surface area (Å²) in [5, 5.41) is 7.91. The van der Waals surface area contributed by atoms with Gasteiger partial charge in [-0.2, -0.15) is 0 Å². The minimum absolute atomic E-state index is 0.0154. The fraction of sp³-hybridized carbons (Fsp3) is 0.0370. The molecule has 0 bridgehead atoms. The average Bonchev–Trinajstić information content (AvgIpc) is 3.44. The second kappa shape index (κ2) is 9.77. The van der Waals surface area contributed by atoms with E-state index in [1.54, 1.807) is 36.4 Å². The number of benzene rings is 3. The summed E-state index contributed by atoms with van der Waals surface area (Å²) in [7, 11) is 0. The fourth-order valence-electron chi connectivity index (χ4n) is 3.74. The molecular formula is C27H19ClN4O3S. The van der Waals surface area contributed by atoms with Gasteiger partial charge >= 0.3 is 0 Å². The quantitative estimate of drug-likeness (QED) is 0.317. The van der Waals surface area contributed by atoms with Crippen LogP contribution in [0.1, 0.15) is 15.9 Å². The standard InChI is InChI=1S/C27H19ClN4O3S/c1-16-7-5-6-10-21(16)32-25(34)22(28)23(26(32)35)29-19-13-11-18(12-14-19)24(33)31-27-30-20(15-36-27)17-8-3-2-4-9-17/h2-15,29H,1H3,(H,30,31,33). The molecule has 0 fully saturated rings. The highest BCUT2D eigenvalue weighted by molar-refractivity contribution is 7.14. The first-order valence-electron chi connectivity index (χ1n) is 11.0. The highest BCUT2D eigenvalue weighted by atomic mass is 35.5. The smallest absolute Gasteiger partial charge is 0.283 e. The Balaban J connectivity index is 1.27. The minimum atomic E-state index is -0.590. The summed E-state index contributed by atoms with van der Waals surface area (Å²) in [6.07, 6.45) is 0. The van der Waals surface area contributed by atoms with Gasteiger partial charge in [0.1, 0.15) is 10.7 Å². The monoisotopic (exact) mass is 514 g/mol. The molecule has 178 valence electrons. The minimum Gasteiger partial charge on any atom is -0.350 e. The van der Waals surface area contributed by atoms with Gasteiger partial charge in [0.25, 0.3) is 17.7 Å². The third-order valence-electron chi connectivity index (χ3n) is 5.59. The SMILES string of the molecule is Cc1ccccc1N1C(=O)C(Cl)=C(Nc2ccc(C(=O)Nc3nc(-c4ccccc4)cs3)cc2)C1=O. The van der Waals surface area contributed by atoms with Crippen LogP contribution in [0.3, 0.4) is 0 Å². The van der Waals surface area contributed by atoms with E-state index in [0.717, 1.165) is 21.7 Å². The van der Waals surface area contributed by atoms with E-state index < -0.39 is 11.8 Å². The molecule has 2 heterocycles. The normalized spacial score (nSPS) is 13.3. The maximum atomic E-state index is 13.0. The molecule has 1 aromatic heterocycles. The number of halogens is 1. The van der Waals surface area contributed by atoms with Crippen LogP contribution in [-0.2, 0) is 9.59 Å². The molecule has 9 heteroatoms. The van der Waals surface area contributed by atoms with Gasteiger partial charge in [-0.05, 0) is 42.8 Å². The van der Waals surface area contributed by atoms with E-state index >= 15 is 0 Å². The van der Waals surface area contributed by atoms with Crippen molar-refractivity contribution in [3.8, 4) is 11.3 Å². The topological polar surface area (TPSA) is 91.4 Å². The lowest BCUT2D eigenvalue weighted by Crippen LogP contribution is -2.32. The molecule has 4 aromatic rings. The molecule has 1 aliphatic heterocycles. The van der Waals surface area contributed by atoms with Crippen molar-refractivity contribution in [3.05, 3.63) is 106 Å². The number of amides is 3. The van der Waals surface area contributed by atoms with Crippen molar-refractivity contribution in [2.45, 2.75) is 6.92 Å². The van der Waals surface area contributed by atoms with Gasteiger partial charge in [-0.3, -0.25) is 19.7 Å². The predicted octanol–water partition coefficient (Wildman–Crippen LogP) is 5.81. The molecule has 36 heavy (non-hydrogen) atoms. The van der Waals surface area contributed by atoms with Gasteiger partial charge in [-0.15, -0.1) is 11.3 Å². The first-order valence-corrected chi connectivity index (χ1v) is 12.2. The molecule has 1 aliphatic rings. The van der Waals surface area contributed by atoms with E-state index in [-0.39, 0.29) is 16.6 Å². The first kappa shape index (κ1) is 23.5. The van der Waals surface area contributed by atoms with Crippen molar-refractivity contribution in [2.75, 3.05) is 15.5 Å². The molecule has 7 nitrogen and oxygen atoms in total. The van der Waals surface area contributed by atoms with Gasteiger partial charge in [-0.25, -0.2) is 9.88 Å². The number of anilines is 3. The Hall–Kier alpha value is -4.27. The summed E-state index contributed by atoms with van der Waals surface area (Å²) >= 11 is 7.57. The molecule has 2 N–H and O–H groups in total. The highest BCUT2D eigenvalue weighted by Gasteiger charge is 2.39. The first-order chi connectivity index (χ1) is 17.4. The van der Waals surface area contributed by atoms with E-state index in [0.29, 0.717) is 22.1 Å². The molecule has 0 radical (unpaired) electrons. The zero-order valence-corrected chi connectivity index (χ0v) is 20.6. The van der Waals surface area contributed by atoms with Gasteiger partial charge in [0, 0.05) is 22.2 Å². The zero-order valence-electron chi connectivity index (χ0n) is 19.0. The molecule has 0 saturated carbocycles. The molecule has 0 spiro atoms. The second-order valence-electron chi connectivity index (χ2n) is 7.98. The van der Waals surface area contributed by atoms with E-state index in [4.69, 9.17) is 11.6 Å². The lowest BCUT2D eigenvalue weighted by molar-refractivity contribution is -0.120. The Labute approximate surface area is 216 Å². The molecular weight excluding hydrogens is 496 g/mol. The van der Waals surface area contributed by atoms with Crippen LogP contribution in [0.5, 0.6) is 0 Å². The van der Waals surface area contributed by atoms with Gasteiger partial charge < -0.3 is 5.32 Å². The number of carbonyl (C=O) groups excluding carboxylic acids is 3. The van der Waals surface area contributed by atoms with E-state index in [1.165, 1.54) is 11.3 Å². The van der Waals surface area contributed by atoms with Crippen LogP contribution in [0.2, 0.25) is 0 Å². The Morgan fingerprint density at radius 1 is 0.917 bits per heavy atom. The summed E-state index contributed by atoms with van der Waals surface area (Å²) in [4.78, 5) is 43.9. The van der Waals surface area contributed by atoms with Crippen molar-refractivity contribution in [1.29, 1.82) is 0 Å². The number of rotatable bonds is 6. The van der Waals surface area contributed by atoms with E-state index in [9.17, 15) is 14.4 Å². The molecule has 3 amide bonds. The summed E-state index contributed by atoms with van der Waals surface area (Å²) in [5.41, 5.74) is 3.91. The van der Waals surface area contributed by atoms with Crippen LogP contribution < -0.4 is 15.5 Å². The Morgan fingerprint density at radius 2 is 1.61 bits per heavy atom. The van der Waals surface area contributed by atoms with E-state index in [2.05, 4.69) is 15.6 Å². The number of nitrogens with one attached hydrogen (secondary N) is 2. The number of thiazole rings is 1. The predicted molar refractivity (Wildman–Crippen MR) is 142 cm³/mol. The van der Waals surface area contributed by atoms with Crippen LogP contribution in [0.25, 0.3) is 11.3 Å². The highest BCUT2D eigenvalue weighted by Crippen LogP contribution is 2.32. The summed E-state index contributed by atoms with van der Waals surface area (Å²) in [5.74, 6) is -1.45. The molecule has 5 rings (SSSR count). The number of para-hydroxylation sites is 1. The number of carbonyl (C=O) groups is 3. The lowest BCUT2D eigenvalue weighted by Gasteiger charge is -2.17. The Morgan fingerprint density at radius 3 is 2.33 bits per heavy atom. The van der Waals surface area contributed by atoms with Crippen LogP contribution in [0.15, 0.2) is 95.0 Å². The Bertz CT molecular complexity index is 1510. The summed E-state index contributed by atoms with van der Waals surface area (Å²) in [6, 6.07) is 23.3. The van der Waals surface area contributed by atoms with Gasteiger partial charge in [0.2, 0.25) is 0 Å². The summed E-state index contributed by atoms with van der Waals surface area (Å²) < 4.78 is 0. The number of aromatic nitrogens is 1. The molecule has 0 atom stereocenters. The number of nitrogens with zero attached hydrogens (tertiary/aromatic N) is 2. The van der Waals surface area contributed by atoms with Crippen molar-refractivity contribution in [2.24, 2.45) is 0 Å². The number of hydrogen-bond acceptors (Lipinski definition) is 6. The molecule has 0 unspecified atom stereocenters. The number of hydrogen-bond donors (Lipinski definition) is 2. The van der Waals surface area contributed by atoms with Gasteiger partial charge in [-0.1, -0.05) is 60.1 Å². The number of imide groups is 1. The Kier molecular flexibility index (Phi) is 6.37. The van der Waals surface area contributed by atoms with Crippen molar-refractivity contribution < 1.29 is 14.4 Å². The van der Waals surface area contributed by atoms with Gasteiger partial charge in [0.05, 0.1) is 11.4 Å². The average molecular weight is 515 g/mol. The third kappa shape index (κ3) is 4.51. The molecule has 0 saturated heterocycles. The zero-order chi connectivity index (χ0) is 25.2. The molecule has 0 aliphatic carbocycles. The van der Waals surface area contributed by atoms with Crippen molar-refractivity contribution >= 4 is 57.2 Å². The maximum absolute atomic E-state index is 13.0. The molecule has 3 aromatic carbocycles. The van der Waals surface area contributed by atoms with Crippen LogP contribution >= 0.6 is 22.9 Å². The fourth-order valence-corrected chi connectivity index (χ4v) is 4.66. The third-order valence-corrected chi connectivity index (χ3v) is 6.70. The van der Waals surface area contributed by atoms with Crippen LogP contribution in [0.4, 0.5) is 16.5 Å². The van der Waals surface area contributed by atoms with Crippen LogP contribution in [-0.4, -0.2) is 22.7 Å². The van der Waals surface area contributed by atoms with Gasteiger partial charge in [0.15, 0.2) is 5.13 Å². The largest absolute Gasteiger partial charge is 0.350 e. The van der Waals surface area contributed by atoms with Crippen molar-refractivity contribution in [1.82, 2.24) is 4.98 Å². The number of aryl methyl sites for hydroxylation is 1. The maximum Gasteiger partial charge on any atom is 0.283 e. The second-order valence-corrected chi connectivity index (χ2v) is 9.22.